The van der Waals surface area contributed by atoms with Crippen molar-refractivity contribution in [3.8, 4) is 6.07 Å². The highest BCUT2D eigenvalue weighted by atomic mass is 32.2. The van der Waals surface area contributed by atoms with Gasteiger partial charge in [0.15, 0.2) is 0 Å². The van der Waals surface area contributed by atoms with Crippen molar-refractivity contribution in [2.24, 2.45) is 5.41 Å². The van der Waals surface area contributed by atoms with Crippen LogP contribution < -0.4 is 5.73 Å². The Morgan fingerprint density at radius 2 is 2.12 bits per heavy atom. The molecule has 0 radical (unpaired) electrons. The van der Waals surface area contributed by atoms with Crippen molar-refractivity contribution in [2.75, 3.05) is 18.8 Å². The van der Waals surface area contributed by atoms with Gasteiger partial charge in [-0.1, -0.05) is 6.07 Å². The topological polar surface area (TPSA) is 87.2 Å². The van der Waals surface area contributed by atoms with Crippen molar-refractivity contribution in [3.05, 3.63) is 24.3 Å². The van der Waals surface area contributed by atoms with Gasteiger partial charge in [-0.25, -0.2) is 8.42 Å². The first-order valence-electron chi connectivity index (χ1n) is 5.14. The molecule has 1 aliphatic rings. The molecule has 0 atom stereocenters. The van der Waals surface area contributed by atoms with Crippen LogP contribution in [0.4, 0.5) is 5.69 Å². The third-order valence-electron chi connectivity index (χ3n) is 2.82. The van der Waals surface area contributed by atoms with E-state index in [9.17, 15) is 8.42 Å². The molecule has 1 fully saturated rings. The van der Waals surface area contributed by atoms with Crippen LogP contribution in [0.1, 0.15) is 6.92 Å². The highest BCUT2D eigenvalue weighted by Gasteiger charge is 2.45. The van der Waals surface area contributed by atoms with Crippen molar-refractivity contribution in [3.63, 3.8) is 0 Å². The maximum Gasteiger partial charge on any atom is 0.243 e. The van der Waals surface area contributed by atoms with E-state index < -0.39 is 15.4 Å². The molecule has 1 heterocycles. The zero-order valence-corrected chi connectivity index (χ0v) is 10.2. The van der Waals surface area contributed by atoms with Gasteiger partial charge in [0.1, 0.15) is 0 Å². The third-order valence-corrected chi connectivity index (χ3v) is 4.60. The molecule has 2 N–H and O–H groups in total. The van der Waals surface area contributed by atoms with Crippen molar-refractivity contribution in [1.29, 1.82) is 5.26 Å². The van der Waals surface area contributed by atoms with Gasteiger partial charge in [-0.15, -0.1) is 0 Å². The first-order chi connectivity index (χ1) is 7.87. The molecule has 0 amide bonds. The van der Waals surface area contributed by atoms with E-state index in [0.717, 1.165) is 0 Å². The average Bonchev–Trinajstić information content (AvgIpc) is 2.24. The number of nitrogens with zero attached hydrogens (tertiary/aromatic N) is 2. The predicted octanol–water partition coefficient (Wildman–Crippen LogP) is 0.803. The number of benzene rings is 1. The fraction of sp³-hybridized carbons (Fsp3) is 0.364. The quantitative estimate of drug-likeness (QED) is 0.788. The minimum atomic E-state index is -3.50. The molecule has 0 bridgehead atoms. The maximum absolute atomic E-state index is 12.1. The molecule has 1 aromatic rings. The molecule has 1 aliphatic heterocycles. The maximum atomic E-state index is 12.1. The lowest BCUT2D eigenvalue weighted by molar-refractivity contribution is 0.149. The number of nitrogen functional groups attached to an aromatic ring is 1. The van der Waals surface area contributed by atoms with Crippen LogP contribution in [-0.2, 0) is 10.0 Å². The van der Waals surface area contributed by atoms with Crippen LogP contribution >= 0.6 is 0 Å². The molecule has 1 saturated heterocycles. The second-order valence-corrected chi connectivity index (χ2v) is 6.46. The van der Waals surface area contributed by atoms with Gasteiger partial charge in [0.05, 0.1) is 16.4 Å². The van der Waals surface area contributed by atoms with Crippen molar-refractivity contribution in [1.82, 2.24) is 4.31 Å². The number of nitriles is 1. The minimum absolute atomic E-state index is 0.178. The van der Waals surface area contributed by atoms with Gasteiger partial charge in [0.2, 0.25) is 10.0 Å². The largest absolute Gasteiger partial charge is 0.399 e. The molecule has 17 heavy (non-hydrogen) atoms. The standard InChI is InChI=1S/C11H13N3O2S/c1-11(6-12)7-14(8-11)17(15,16)10-4-2-3-9(13)5-10/h2-5H,7-8,13H2,1H3. The van der Waals surface area contributed by atoms with Crippen LogP contribution in [-0.4, -0.2) is 25.8 Å². The summed E-state index contributed by atoms with van der Waals surface area (Å²) in [5.41, 5.74) is 5.41. The van der Waals surface area contributed by atoms with Gasteiger partial charge in [-0.3, -0.25) is 0 Å². The normalized spacial score (nSPS) is 19.3. The lowest BCUT2D eigenvalue weighted by Crippen LogP contribution is -2.56. The molecule has 6 heteroatoms. The zero-order chi connectivity index (χ0) is 12.7. The fourth-order valence-corrected chi connectivity index (χ4v) is 3.54. The fourth-order valence-electron chi connectivity index (χ4n) is 1.80. The molecule has 0 unspecified atom stereocenters. The summed E-state index contributed by atoms with van der Waals surface area (Å²) >= 11 is 0. The minimum Gasteiger partial charge on any atom is -0.399 e. The van der Waals surface area contributed by atoms with E-state index >= 15 is 0 Å². The van der Waals surface area contributed by atoms with Crippen LogP contribution in [0.25, 0.3) is 0 Å². The molecule has 0 aromatic heterocycles. The second kappa shape index (κ2) is 3.72. The molecule has 2 rings (SSSR count). The number of nitrogens with two attached hydrogens (primary N) is 1. The van der Waals surface area contributed by atoms with Gasteiger partial charge in [0.25, 0.3) is 0 Å². The Bertz CT molecular complexity index is 583. The number of sulfonamides is 1. The molecular formula is C11H13N3O2S. The van der Waals surface area contributed by atoms with Crippen molar-refractivity contribution < 1.29 is 8.42 Å². The van der Waals surface area contributed by atoms with Crippen molar-refractivity contribution in [2.45, 2.75) is 11.8 Å². The summed E-state index contributed by atoms with van der Waals surface area (Å²) in [6.45, 7) is 2.22. The summed E-state index contributed by atoms with van der Waals surface area (Å²) in [5.74, 6) is 0. The highest BCUT2D eigenvalue weighted by molar-refractivity contribution is 7.89. The SMILES string of the molecule is CC1(C#N)CN(S(=O)(=O)c2cccc(N)c2)C1. The van der Waals surface area contributed by atoms with E-state index in [1.54, 1.807) is 19.1 Å². The zero-order valence-electron chi connectivity index (χ0n) is 9.42. The van der Waals surface area contributed by atoms with Crippen LogP contribution in [0.15, 0.2) is 29.2 Å². The van der Waals surface area contributed by atoms with Gasteiger partial charge in [0, 0.05) is 18.8 Å². The monoisotopic (exact) mass is 251 g/mol. The Morgan fingerprint density at radius 3 is 2.65 bits per heavy atom. The molecular weight excluding hydrogens is 238 g/mol. The second-order valence-electron chi connectivity index (χ2n) is 4.52. The summed E-state index contributed by atoms with van der Waals surface area (Å²) in [4.78, 5) is 0.178. The van der Waals surface area contributed by atoms with E-state index in [0.29, 0.717) is 5.69 Å². The molecule has 1 aromatic carbocycles. The van der Waals surface area contributed by atoms with Crippen molar-refractivity contribution >= 4 is 15.7 Å². The van der Waals surface area contributed by atoms with Crippen LogP contribution in [0.2, 0.25) is 0 Å². The molecule has 0 saturated carbocycles. The van der Waals surface area contributed by atoms with Gasteiger partial charge >= 0.3 is 0 Å². The van der Waals surface area contributed by atoms with Crippen LogP contribution in [0.5, 0.6) is 0 Å². The molecule has 0 spiro atoms. The first kappa shape index (κ1) is 11.9. The van der Waals surface area contributed by atoms with Gasteiger partial charge in [-0.2, -0.15) is 9.57 Å². The van der Waals surface area contributed by atoms with E-state index in [4.69, 9.17) is 11.0 Å². The Morgan fingerprint density at radius 1 is 1.47 bits per heavy atom. The molecule has 90 valence electrons. The van der Waals surface area contributed by atoms with Crippen LogP contribution in [0, 0.1) is 16.7 Å². The lowest BCUT2D eigenvalue weighted by Gasteiger charge is -2.41. The smallest absolute Gasteiger partial charge is 0.243 e. The predicted molar refractivity (Wildman–Crippen MR) is 63.3 cm³/mol. The number of hydrogen-bond donors (Lipinski definition) is 1. The van der Waals surface area contributed by atoms with E-state index in [1.807, 2.05) is 0 Å². The highest BCUT2D eigenvalue weighted by Crippen LogP contribution is 2.33. The summed E-state index contributed by atoms with van der Waals surface area (Å²) in [6.07, 6.45) is 0. The Balaban J connectivity index is 2.26. The molecule has 5 nitrogen and oxygen atoms in total. The summed E-state index contributed by atoms with van der Waals surface area (Å²) in [7, 11) is -3.50. The van der Waals surface area contributed by atoms with Gasteiger partial charge < -0.3 is 5.73 Å². The Labute approximate surface area is 101 Å². The van der Waals surface area contributed by atoms with Gasteiger partial charge in [-0.05, 0) is 25.1 Å². The number of anilines is 1. The van der Waals surface area contributed by atoms with E-state index in [2.05, 4.69) is 6.07 Å². The summed E-state index contributed by atoms with van der Waals surface area (Å²) < 4.78 is 25.6. The van der Waals surface area contributed by atoms with E-state index in [1.165, 1.54) is 16.4 Å². The number of rotatable bonds is 2. The number of hydrogen-bond acceptors (Lipinski definition) is 4. The summed E-state index contributed by atoms with van der Waals surface area (Å²) in [5, 5.41) is 8.85. The lowest BCUT2D eigenvalue weighted by atomic mass is 9.86. The Kier molecular flexibility index (Phi) is 2.60. The van der Waals surface area contributed by atoms with E-state index in [-0.39, 0.29) is 18.0 Å². The van der Waals surface area contributed by atoms with Crippen LogP contribution in [0.3, 0.4) is 0 Å². The third kappa shape index (κ3) is 1.99. The summed E-state index contributed by atoms with van der Waals surface area (Å²) in [6, 6.07) is 8.28. The first-order valence-corrected chi connectivity index (χ1v) is 6.58. The molecule has 0 aliphatic carbocycles. The Hall–Kier alpha value is -1.58. The average molecular weight is 251 g/mol.